The maximum atomic E-state index is 5.81. The number of aromatic nitrogens is 1. The van der Waals surface area contributed by atoms with Crippen molar-refractivity contribution >= 4 is 29.0 Å². The fraction of sp³-hybridized carbons (Fsp3) is 0.154. The molecule has 0 fully saturated rings. The Hall–Kier alpha value is -1.12. The van der Waals surface area contributed by atoms with Crippen LogP contribution in [0.1, 0.15) is 17.7 Å². The summed E-state index contributed by atoms with van der Waals surface area (Å²) in [5.41, 5.74) is 4.23. The van der Waals surface area contributed by atoms with Crippen molar-refractivity contribution in [2.75, 3.05) is 0 Å². The van der Waals surface area contributed by atoms with Crippen LogP contribution in [-0.2, 0) is 6.42 Å². The minimum Gasteiger partial charge on any atom is -0.250 e. The molecular formula is C13H12ClNS. The van der Waals surface area contributed by atoms with Crippen LogP contribution in [0, 0.1) is 0 Å². The molecule has 1 aromatic heterocycles. The van der Waals surface area contributed by atoms with Crippen molar-refractivity contribution in [2.24, 2.45) is 0 Å². The van der Waals surface area contributed by atoms with Crippen LogP contribution in [0.15, 0.2) is 41.2 Å². The quantitative estimate of drug-likeness (QED) is 0.781. The monoisotopic (exact) mass is 249 g/mol. The topological polar surface area (TPSA) is 12.9 Å². The van der Waals surface area contributed by atoms with E-state index in [1.54, 1.807) is 11.3 Å². The van der Waals surface area contributed by atoms with Crippen molar-refractivity contribution in [3.05, 3.63) is 57.5 Å². The molecule has 0 bridgehead atoms. The minimum absolute atomic E-state index is 0.777. The Morgan fingerprint density at radius 3 is 2.75 bits per heavy atom. The molecule has 0 aliphatic heterocycles. The molecular weight excluding hydrogens is 238 g/mol. The van der Waals surface area contributed by atoms with Crippen LogP contribution >= 0.6 is 22.9 Å². The third kappa shape index (κ3) is 3.47. The van der Waals surface area contributed by atoms with Gasteiger partial charge in [0.2, 0.25) is 0 Å². The molecule has 0 N–H and O–H groups in total. The van der Waals surface area contributed by atoms with E-state index in [0.717, 1.165) is 17.9 Å². The molecule has 0 atom stereocenters. The maximum absolute atomic E-state index is 5.81. The van der Waals surface area contributed by atoms with Gasteiger partial charge in [0.15, 0.2) is 0 Å². The van der Waals surface area contributed by atoms with Gasteiger partial charge in [0.25, 0.3) is 0 Å². The van der Waals surface area contributed by atoms with Gasteiger partial charge in [0, 0.05) is 10.4 Å². The van der Waals surface area contributed by atoms with Gasteiger partial charge in [0.1, 0.15) is 0 Å². The second-order valence-electron chi connectivity index (χ2n) is 3.47. The zero-order valence-corrected chi connectivity index (χ0v) is 10.3. The van der Waals surface area contributed by atoms with Crippen molar-refractivity contribution < 1.29 is 0 Å². The SMILES string of the molecule is Clc1ccc(/C=C/CCc2cscn2)cc1. The average molecular weight is 250 g/mol. The van der Waals surface area contributed by atoms with E-state index in [1.165, 1.54) is 11.3 Å². The highest BCUT2D eigenvalue weighted by Gasteiger charge is 1.92. The van der Waals surface area contributed by atoms with Gasteiger partial charge in [0.05, 0.1) is 11.2 Å². The molecule has 0 amide bonds. The molecule has 0 saturated carbocycles. The molecule has 16 heavy (non-hydrogen) atoms. The molecule has 2 rings (SSSR count). The van der Waals surface area contributed by atoms with E-state index in [4.69, 9.17) is 11.6 Å². The first-order chi connectivity index (χ1) is 7.84. The largest absolute Gasteiger partial charge is 0.250 e. The fourth-order valence-electron chi connectivity index (χ4n) is 1.39. The van der Waals surface area contributed by atoms with Gasteiger partial charge < -0.3 is 0 Å². The van der Waals surface area contributed by atoms with E-state index in [0.29, 0.717) is 0 Å². The minimum atomic E-state index is 0.777. The summed E-state index contributed by atoms with van der Waals surface area (Å²) in [7, 11) is 0. The Labute approximate surface area is 104 Å². The highest BCUT2D eigenvalue weighted by molar-refractivity contribution is 7.07. The maximum Gasteiger partial charge on any atom is 0.0794 e. The third-order valence-electron chi connectivity index (χ3n) is 2.23. The Kier molecular flexibility index (Phi) is 4.14. The summed E-state index contributed by atoms with van der Waals surface area (Å²) >= 11 is 7.46. The van der Waals surface area contributed by atoms with Crippen LogP contribution in [-0.4, -0.2) is 4.98 Å². The fourth-order valence-corrected chi connectivity index (χ4v) is 2.10. The summed E-state index contributed by atoms with van der Waals surface area (Å²) in [6, 6.07) is 7.84. The predicted molar refractivity (Wildman–Crippen MR) is 70.9 cm³/mol. The van der Waals surface area contributed by atoms with Crippen LogP contribution < -0.4 is 0 Å². The van der Waals surface area contributed by atoms with E-state index in [9.17, 15) is 0 Å². The lowest BCUT2D eigenvalue weighted by Crippen LogP contribution is -1.81. The molecule has 0 unspecified atom stereocenters. The van der Waals surface area contributed by atoms with Gasteiger partial charge in [-0.2, -0.15) is 0 Å². The first-order valence-electron chi connectivity index (χ1n) is 5.14. The van der Waals surface area contributed by atoms with E-state index in [2.05, 4.69) is 22.5 Å². The zero-order chi connectivity index (χ0) is 11.2. The van der Waals surface area contributed by atoms with Crippen molar-refractivity contribution in [3.63, 3.8) is 0 Å². The van der Waals surface area contributed by atoms with Crippen molar-refractivity contribution in [2.45, 2.75) is 12.8 Å². The highest BCUT2D eigenvalue weighted by atomic mass is 35.5. The van der Waals surface area contributed by atoms with Crippen LogP contribution in [0.25, 0.3) is 6.08 Å². The van der Waals surface area contributed by atoms with Crippen LogP contribution in [0.3, 0.4) is 0 Å². The van der Waals surface area contributed by atoms with Gasteiger partial charge in [-0.25, -0.2) is 4.98 Å². The summed E-state index contributed by atoms with van der Waals surface area (Å²) in [5, 5.41) is 2.87. The Morgan fingerprint density at radius 1 is 1.25 bits per heavy atom. The molecule has 0 aliphatic rings. The van der Waals surface area contributed by atoms with E-state index >= 15 is 0 Å². The van der Waals surface area contributed by atoms with Gasteiger partial charge in [-0.1, -0.05) is 35.9 Å². The molecule has 0 radical (unpaired) electrons. The number of halogens is 1. The number of allylic oxidation sites excluding steroid dienone is 1. The van der Waals surface area contributed by atoms with Crippen LogP contribution in [0.5, 0.6) is 0 Å². The number of aryl methyl sites for hydroxylation is 1. The lowest BCUT2D eigenvalue weighted by atomic mass is 10.2. The standard InChI is InChI=1S/C13H12ClNS/c14-12-7-5-11(6-8-12)3-1-2-4-13-9-16-10-15-13/h1,3,5-10H,2,4H2/b3-1+. The molecule has 0 spiro atoms. The van der Waals surface area contributed by atoms with Gasteiger partial charge in [-0.3, -0.25) is 0 Å². The van der Waals surface area contributed by atoms with Gasteiger partial charge in [-0.15, -0.1) is 11.3 Å². The Bertz CT molecular complexity index is 445. The second-order valence-corrected chi connectivity index (χ2v) is 4.63. The first kappa shape index (κ1) is 11.4. The number of nitrogens with zero attached hydrogens (tertiary/aromatic N) is 1. The number of thiazole rings is 1. The molecule has 1 nitrogen and oxygen atoms in total. The van der Waals surface area contributed by atoms with Crippen LogP contribution in [0.4, 0.5) is 0 Å². The number of rotatable bonds is 4. The van der Waals surface area contributed by atoms with E-state index in [-0.39, 0.29) is 0 Å². The Balaban J connectivity index is 1.83. The van der Waals surface area contributed by atoms with Crippen molar-refractivity contribution in [1.82, 2.24) is 4.98 Å². The second kappa shape index (κ2) is 5.83. The van der Waals surface area contributed by atoms with E-state index < -0.39 is 0 Å². The van der Waals surface area contributed by atoms with Crippen LogP contribution in [0.2, 0.25) is 5.02 Å². The lowest BCUT2D eigenvalue weighted by Gasteiger charge is -1.94. The summed E-state index contributed by atoms with van der Waals surface area (Å²) in [6.07, 6.45) is 6.31. The molecule has 2 aromatic rings. The molecule has 0 aliphatic carbocycles. The molecule has 82 valence electrons. The first-order valence-corrected chi connectivity index (χ1v) is 6.46. The Morgan fingerprint density at radius 2 is 2.06 bits per heavy atom. The third-order valence-corrected chi connectivity index (χ3v) is 3.12. The average Bonchev–Trinajstić information content (AvgIpc) is 2.80. The number of benzene rings is 1. The lowest BCUT2D eigenvalue weighted by molar-refractivity contribution is 0.962. The number of hydrogen-bond donors (Lipinski definition) is 0. The summed E-state index contributed by atoms with van der Waals surface area (Å²) < 4.78 is 0. The predicted octanol–water partition coefficient (Wildman–Crippen LogP) is 4.44. The van der Waals surface area contributed by atoms with Crippen molar-refractivity contribution in [1.29, 1.82) is 0 Å². The molecule has 1 aromatic carbocycles. The summed E-state index contributed by atoms with van der Waals surface area (Å²) in [5.74, 6) is 0. The number of hydrogen-bond acceptors (Lipinski definition) is 2. The summed E-state index contributed by atoms with van der Waals surface area (Å²) in [6.45, 7) is 0. The van der Waals surface area contributed by atoms with Crippen molar-refractivity contribution in [3.8, 4) is 0 Å². The summed E-state index contributed by atoms with van der Waals surface area (Å²) in [4.78, 5) is 4.24. The molecule has 0 saturated heterocycles. The normalized spacial score (nSPS) is 11.1. The highest BCUT2D eigenvalue weighted by Crippen LogP contribution is 2.11. The molecule has 3 heteroatoms. The smallest absolute Gasteiger partial charge is 0.0794 e. The van der Waals surface area contributed by atoms with E-state index in [1.807, 2.05) is 29.8 Å². The van der Waals surface area contributed by atoms with Gasteiger partial charge in [-0.05, 0) is 30.5 Å². The zero-order valence-electron chi connectivity index (χ0n) is 8.77. The molecule has 1 heterocycles. The van der Waals surface area contributed by atoms with Gasteiger partial charge >= 0.3 is 0 Å².